The summed E-state index contributed by atoms with van der Waals surface area (Å²) in [5.74, 6) is 0.144. The molecule has 1 fully saturated rings. The topological polar surface area (TPSA) is 32.3 Å². The van der Waals surface area contributed by atoms with Crippen LogP contribution in [0, 0.1) is 0 Å². The number of amides is 1. The summed E-state index contributed by atoms with van der Waals surface area (Å²) in [6.07, 6.45) is 6.62. The van der Waals surface area contributed by atoms with Crippen LogP contribution < -0.4 is 5.32 Å². The van der Waals surface area contributed by atoms with Gasteiger partial charge in [-0.25, -0.2) is 0 Å². The minimum atomic E-state index is 0.144. The van der Waals surface area contributed by atoms with E-state index in [0.717, 1.165) is 25.9 Å². The molecular weight excluding hydrogens is 256 g/mol. The lowest BCUT2D eigenvalue weighted by molar-refractivity contribution is -0.122. The van der Waals surface area contributed by atoms with Crippen molar-refractivity contribution in [3.63, 3.8) is 0 Å². The summed E-state index contributed by atoms with van der Waals surface area (Å²) in [6.45, 7) is 5.80. The van der Waals surface area contributed by atoms with E-state index >= 15 is 0 Å². The molecule has 0 unspecified atom stereocenters. The van der Waals surface area contributed by atoms with Crippen LogP contribution in [0.4, 0.5) is 0 Å². The van der Waals surface area contributed by atoms with Crippen LogP contribution >= 0.6 is 11.3 Å². The van der Waals surface area contributed by atoms with E-state index in [2.05, 4.69) is 28.2 Å². The molecule has 0 aromatic carbocycles. The van der Waals surface area contributed by atoms with Crippen molar-refractivity contribution in [3.05, 3.63) is 35.0 Å². The van der Waals surface area contributed by atoms with Crippen LogP contribution in [0.25, 0.3) is 0 Å². The standard InChI is InChI=1S/C15H22N2OS/c1-2-9-17(11-14-8-5-10-19-14)12-15(18)16-13-6-3-4-7-13/h2,5,8,10,13H,1,3-4,6-7,9,11-12H2,(H,16,18). The van der Waals surface area contributed by atoms with Crippen LogP contribution in [0.15, 0.2) is 30.2 Å². The Bertz CT molecular complexity index is 396. The number of carbonyl (C=O) groups excluding carboxylic acids is 1. The molecule has 104 valence electrons. The molecule has 1 N–H and O–H groups in total. The van der Waals surface area contributed by atoms with Crippen LogP contribution in [0.1, 0.15) is 30.6 Å². The van der Waals surface area contributed by atoms with Gasteiger partial charge in [-0.1, -0.05) is 25.0 Å². The summed E-state index contributed by atoms with van der Waals surface area (Å²) < 4.78 is 0. The monoisotopic (exact) mass is 278 g/mol. The fourth-order valence-corrected chi connectivity index (χ4v) is 3.28. The molecule has 1 aliphatic carbocycles. The second-order valence-corrected chi connectivity index (χ2v) is 6.12. The first-order chi connectivity index (χ1) is 9.28. The van der Waals surface area contributed by atoms with Crippen molar-refractivity contribution in [2.45, 2.75) is 38.3 Å². The first-order valence-corrected chi connectivity index (χ1v) is 7.81. The summed E-state index contributed by atoms with van der Waals surface area (Å²) in [5.41, 5.74) is 0. The second kappa shape index (κ2) is 7.46. The summed E-state index contributed by atoms with van der Waals surface area (Å²) in [4.78, 5) is 15.4. The second-order valence-electron chi connectivity index (χ2n) is 5.09. The van der Waals surface area contributed by atoms with E-state index in [9.17, 15) is 4.79 Å². The van der Waals surface area contributed by atoms with Gasteiger partial charge in [-0.15, -0.1) is 17.9 Å². The van der Waals surface area contributed by atoms with Crippen molar-refractivity contribution in [3.8, 4) is 0 Å². The lowest BCUT2D eigenvalue weighted by atomic mass is 10.2. The van der Waals surface area contributed by atoms with E-state index in [1.165, 1.54) is 17.7 Å². The fraction of sp³-hybridized carbons (Fsp3) is 0.533. The highest BCUT2D eigenvalue weighted by atomic mass is 32.1. The number of hydrogen-bond donors (Lipinski definition) is 1. The molecule has 0 atom stereocenters. The minimum absolute atomic E-state index is 0.144. The van der Waals surface area contributed by atoms with Crippen LogP contribution in [-0.2, 0) is 11.3 Å². The van der Waals surface area contributed by atoms with E-state index in [0.29, 0.717) is 12.6 Å². The van der Waals surface area contributed by atoms with E-state index in [4.69, 9.17) is 0 Å². The summed E-state index contributed by atoms with van der Waals surface area (Å²) in [6, 6.07) is 4.56. The molecule has 0 radical (unpaired) electrons. The van der Waals surface area contributed by atoms with Gasteiger partial charge in [0.2, 0.25) is 5.91 Å². The Hall–Kier alpha value is -1.13. The molecule has 1 heterocycles. The third kappa shape index (κ3) is 4.80. The molecule has 3 nitrogen and oxygen atoms in total. The van der Waals surface area contributed by atoms with Gasteiger partial charge in [0.1, 0.15) is 0 Å². The van der Waals surface area contributed by atoms with Gasteiger partial charge in [-0.05, 0) is 24.3 Å². The maximum absolute atomic E-state index is 12.0. The molecule has 1 aromatic rings. The summed E-state index contributed by atoms with van der Waals surface area (Å²) >= 11 is 1.73. The van der Waals surface area contributed by atoms with E-state index in [1.807, 2.05) is 12.1 Å². The highest BCUT2D eigenvalue weighted by Crippen LogP contribution is 2.17. The number of rotatable bonds is 7. The van der Waals surface area contributed by atoms with Gasteiger partial charge < -0.3 is 5.32 Å². The molecule has 1 amide bonds. The van der Waals surface area contributed by atoms with E-state index in [-0.39, 0.29) is 5.91 Å². The Morgan fingerprint density at radius 3 is 2.95 bits per heavy atom. The maximum atomic E-state index is 12.0. The molecule has 1 aliphatic rings. The molecule has 4 heteroatoms. The van der Waals surface area contributed by atoms with Crippen molar-refractivity contribution in [1.29, 1.82) is 0 Å². The van der Waals surface area contributed by atoms with Crippen molar-refractivity contribution >= 4 is 17.2 Å². The molecule has 0 spiro atoms. The van der Waals surface area contributed by atoms with Gasteiger partial charge in [0.25, 0.3) is 0 Å². The average Bonchev–Trinajstić information content (AvgIpc) is 3.02. The molecule has 1 saturated carbocycles. The maximum Gasteiger partial charge on any atom is 0.234 e. The smallest absolute Gasteiger partial charge is 0.234 e. The molecule has 1 aromatic heterocycles. The molecule has 0 aliphatic heterocycles. The van der Waals surface area contributed by atoms with Gasteiger partial charge in [0, 0.05) is 24.0 Å². The Labute approximate surface area is 119 Å². The van der Waals surface area contributed by atoms with Crippen LogP contribution in [0.2, 0.25) is 0 Å². The van der Waals surface area contributed by atoms with Crippen LogP contribution in [0.3, 0.4) is 0 Å². The quantitative estimate of drug-likeness (QED) is 0.778. The Kier molecular flexibility index (Phi) is 5.61. The number of nitrogens with one attached hydrogen (secondary N) is 1. The molecule has 2 rings (SSSR count). The summed E-state index contributed by atoms with van der Waals surface area (Å²) in [5, 5.41) is 5.21. The predicted octanol–water partition coefficient (Wildman–Crippen LogP) is 2.79. The van der Waals surface area contributed by atoms with Gasteiger partial charge in [0.05, 0.1) is 6.54 Å². The first-order valence-electron chi connectivity index (χ1n) is 6.93. The number of thiophene rings is 1. The highest BCUT2D eigenvalue weighted by molar-refractivity contribution is 7.09. The Morgan fingerprint density at radius 1 is 1.53 bits per heavy atom. The zero-order valence-corrected chi connectivity index (χ0v) is 12.1. The average molecular weight is 278 g/mol. The lowest BCUT2D eigenvalue weighted by Crippen LogP contribution is -2.40. The SMILES string of the molecule is C=CCN(CC(=O)NC1CCCC1)Cc1cccs1. The molecule has 0 bridgehead atoms. The van der Waals surface area contributed by atoms with Gasteiger partial charge >= 0.3 is 0 Å². The lowest BCUT2D eigenvalue weighted by Gasteiger charge is -2.21. The number of nitrogens with zero attached hydrogens (tertiary/aromatic N) is 1. The third-order valence-electron chi connectivity index (χ3n) is 3.43. The fourth-order valence-electron chi connectivity index (χ4n) is 2.54. The third-order valence-corrected chi connectivity index (χ3v) is 4.30. The van der Waals surface area contributed by atoms with Gasteiger partial charge in [-0.2, -0.15) is 0 Å². The highest BCUT2D eigenvalue weighted by Gasteiger charge is 2.18. The van der Waals surface area contributed by atoms with Gasteiger partial charge in [-0.3, -0.25) is 9.69 Å². The van der Waals surface area contributed by atoms with Crippen molar-refractivity contribution in [2.75, 3.05) is 13.1 Å². The predicted molar refractivity (Wildman–Crippen MR) is 80.2 cm³/mol. The zero-order chi connectivity index (χ0) is 13.5. The van der Waals surface area contributed by atoms with Crippen LogP contribution in [-0.4, -0.2) is 29.9 Å². The Balaban J connectivity index is 1.81. The van der Waals surface area contributed by atoms with Gasteiger partial charge in [0.15, 0.2) is 0 Å². The van der Waals surface area contributed by atoms with E-state index < -0.39 is 0 Å². The summed E-state index contributed by atoms with van der Waals surface area (Å²) in [7, 11) is 0. The van der Waals surface area contributed by atoms with Crippen LogP contribution in [0.5, 0.6) is 0 Å². The van der Waals surface area contributed by atoms with E-state index in [1.54, 1.807) is 11.3 Å². The zero-order valence-electron chi connectivity index (χ0n) is 11.3. The Morgan fingerprint density at radius 2 is 2.32 bits per heavy atom. The molecular formula is C15H22N2OS. The molecule has 0 saturated heterocycles. The van der Waals surface area contributed by atoms with Crippen molar-refractivity contribution in [2.24, 2.45) is 0 Å². The number of hydrogen-bond acceptors (Lipinski definition) is 3. The van der Waals surface area contributed by atoms with Crippen molar-refractivity contribution < 1.29 is 4.79 Å². The molecule has 19 heavy (non-hydrogen) atoms. The minimum Gasteiger partial charge on any atom is -0.352 e. The van der Waals surface area contributed by atoms with Crippen molar-refractivity contribution in [1.82, 2.24) is 10.2 Å². The normalized spacial score (nSPS) is 15.8. The first kappa shape index (κ1) is 14.3. The number of carbonyl (C=O) groups is 1. The largest absolute Gasteiger partial charge is 0.352 e.